The monoisotopic (exact) mass is 187 g/mol. The lowest BCUT2D eigenvalue weighted by atomic mass is 9.58. The third-order valence-electron chi connectivity index (χ3n) is 3.70. The van der Waals surface area contributed by atoms with Gasteiger partial charge in [0.25, 0.3) is 0 Å². The zero-order valence-electron chi connectivity index (χ0n) is 8.52. The maximum Gasteiger partial charge on any atom is 0.0290 e. The quantitative estimate of drug-likeness (QED) is 0.732. The molecule has 2 N–H and O–H groups in total. The van der Waals surface area contributed by atoms with E-state index in [1.165, 1.54) is 25.7 Å². The van der Waals surface area contributed by atoms with Crippen LogP contribution in [0.4, 0.5) is 0 Å². The minimum atomic E-state index is 0.437. The molecule has 0 aromatic heterocycles. The summed E-state index contributed by atoms with van der Waals surface area (Å²) in [6.45, 7) is 5.48. The maximum atomic E-state index is 5.79. The van der Waals surface area contributed by atoms with Gasteiger partial charge >= 0.3 is 0 Å². The minimum absolute atomic E-state index is 0.437. The van der Waals surface area contributed by atoms with E-state index in [-0.39, 0.29) is 0 Å². The van der Waals surface area contributed by atoms with Crippen LogP contribution in [0.25, 0.3) is 0 Å². The molecule has 72 valence electrons. The van der Waals surface area contributed by atoms with E-state index in [1.807, 2.05) is 11.8 Å². The van der Waals surface area contributed by atoms with E-state index >= 15 is 0 Å². The predicted molar refractivity (Wildman–Crippen MR) is 57.5 cm³/mol. The SMILES string of the molecule is CCC1(CC)CC(CN)(SC)C1. The third kappa shape index (κ3) is 1.51. The van der Waals surface area contributed by atoms with Crippen molar-refractivity contribution in [2.45, 2.75) is 44.3 Å². The topological polar surface area (TPSA) is 26.0 Å². The fourth-order valence-corrected chi connectivity index (χ4v) is 3.50. The Morgan fingerprint density at radius 3 is 2.00 bits per heavy atom. The summed E-state index contributed by atoms with van der Waals surface area (Å²) < 4.78 is 0.437. The molecule has 1 rings (SSSR count). The first-order chi connectivity index (χ1) is 5.66. The normalized spacial score (nSPS) is 25.0. The van der Waals surface area contributed by atoms with Crippen LogP contribution in [0, 0.1) is 5.41 Å². The van der Waals surface area contributed by atoms with Crippen molar-refractivity contribution in [2.24, 2.45) is 11.1 Å². The third-order valence-corrected chi connectivity index (χ3v) is 5.02. The molecule has 0 amide bonds. The Morgan fingerprint density at radius 2 is 1.75 bits per heavy atom. The molecule has 0 bridgehead atoms. The van der Waals surface area contributed by atoms with Crippen LogP contribution >= 0.6 is 11.8 Å². The zero-order chi connectivity index (χ0) is 9.24. The van der Waals surface area contributed by atoms with E-state index < -0.39 is 0 Å². The molecular weight excluding hydrogens is 166 g/mol. The van der Waals surface area contributed by atoms with Crippen LogP contribution in [0.3, 0.4) is 0 Å². The molecule has 12 heavy (non-hydrogen) atoms. The van der Waals surface area contributed by atoms with E-state index in [0.29, 0.717) is 10.2 Å². The number of thioether (sulfide) groups is 1. The summed E-state index contributed by atoms with van der Waals surface area (Å²) in [5.41, 5.74) is 6.43. The van der Waals surface area contributed by atoms with Crippen LogP contribution in [0.5, 0.6) is 0 Å². The van der Waals surface area contributed by atoms with E-state index in [2.05, 4.69) is 20.1 Å². The smallest absolute Gasteiger partial charge is 0.0290 e. The van der Waals surface area contributed by atoms with E-state index in [4.69, 9.17) is 5.73 Å². The molecule has 0 saturated heterocycles. The zero-order valence-corrected chi connectivity index (χ0v) is 9.34. The predicted octanol–water partition coefficient (Wildman–Crippen LogP) is 2.65. The van der Waals surface area contributed by atoms with E-state index in [0.717, 1.165) is 6.54 Å². The Morgan fingerprint density at radius 1 is 1.25 bits per heavy atom. The molecule has 0 spiro atoms. The number of hydrogen-bond donors (Lipinski definition) is 1. The van der Waals surface area contributed by atoms with Crippen LogP contribution in [0.2, 0.25) is 0 Å². The Hall–Kier alpha value is 0.310. The average Bonchev–Trinajstić information content (AvgIpc) is 2.07. The van der Waals surface area contributed by atoms with Crippen LogP contribution in [-0.2, 0) is 0 Å². The Balaban J connectivity index is 2.52. The van der Waals surface area contributed by atoms with Crippen molar-refractivity contribution in [3.8, 4) is 0 Å². The Labute approximate surface area is 80.5 Å². The molecule has 0 aromatic rings. The highest BCUT2D eigenvalue weighted by atomic mass is 32.2. The second kappa shape index (κ2) is 3.59. The van der Waals surface area contributed by atoms with Crippen molar-refractivity contribution < 1.29 is 0 Å². The lowest BCUT2D eigenvalue weighted by Crippen LogP contribution is -2.53. The van der Waals surface area contributed by atoms with Gasteiger partial charge in [0.1, 0.15) is 0 Å². The fourth-order valence-electron chi connectivity index (χ4n) is 2.44. The first-order valence-electron chi connectivity index (χ1n) is 4.91. The van der Waals surface area contributed by atoms with Gasteiger partial charge in [0.15, 0.2) is 0 Å². The molecule has 0 heterocycles. The largest absolute Gasteiger partial charge is 0.329 e. The van der Waals surface area contributed by atoms with Crippen molar-refractivity contribution in [3.05, 3.63) is 0 Å². The first-order valence-corrected chi connectivity index (χ1v) is 6.13. The van der Waals surface area contributed by atoms with Gasteiger partial charge in [-0.1, -0.05) is 26.7 Å². The molecule has 1 nitrogen and oxygen atoms in total. The number of hydrogen-bond acceptors (Lipinski definition) is 2. The molecule has 0 unspecified atom stereocenters. The van der Waals surface area contributed by atoms with E-state index in [9.17, 15) is 0 Å². The summed E-state index contributed by atoms with van der Waals surface area (Å²) in [6, 6.07) is 0. The lowest BCUT2D eigenvalue weighted by molar-refractivity contribution is 0.0752. The number of nitrogens with two attached hydrogens (primary N) is 1. The van der Waals surface area contributed by atoms with Gasteiger partial charge in [0.05, 0.1) is 0 Å². The van der Waals surface area contributed by atoms with Gasteiger partial charge < -0.3 is 5.73 Å². The van der Waals surface area contributed by atoms with Crippen LogP contribution in [-0.4, -0.2) is 17.5 Å². The molecule has 0 aliphatic heterocycles. The van der Waals surface area contributed by atoms with Crippen LogP contribution in [0.1, 0.15) is 39.5 Å². The molecule has 1 aliphatic carbocycles. The van der Waals surface area contributed by atoms with Crippen molar-refractivity contribution in [1.29, 1.82) is 0 Å². The number of rotatable bonds is 4. The highest BCUT2D eigenvalue weighted by Crippen LogP contribution is 2.57. The molecule has 0 aromatic carbocycles. The van der Waals surface area contributed by atoms with Crippen LogP contribution in [0.15, 0.2) is 0 Å². The van der Waals surface area contributed by atoms with Crippen molar-refractivity contribution in [3.63, 3.8) is 0 Å². The maximum absolute atomic E-state index is 5.79. The average molecular weight is 187 g/mol. The van der Waals surface area contributed by atoms with Crippen molar-refractivity contribution in [1.82, 2.24) is 0 Å². The summed E-state index contributed by atoms with van der Waals surface area (Å²) in [6.07, 6.45) is 7.52. The van der Waals surface area contributed by atoms with Gasteiger partial charge in [-0.05, 0) is 24.5 Å². The summed E-state index contributed by atoms with van der Waals surface area (Å²) >= 11 is 1.97. The van der Waals surface area contributed by atoms with E-state index in [1.54, 1.807) is 0 Å². The Bertz CT molecular complexity index is 122. The van der Waals surface area contributed by atoms with Gasteiger partial charge in [-0.25, -0.2) is 0 Å². The second-order valence-electron chi connectivity index (χ2n) is 4.15. The Kier molecular flexibility index (Phi) is 3.11. The van der Waals surface area contributed by atoms with Gasteiger partial charge in [0.2, 0.25) is 0 Å². The van der Waals surface area contributed by atoms with Crippen LogP contribution < -0.4 is 5.73 Å². The molecular formula is C10H21NS. The van der Waals surface area contributed by atoms with Gasteiger partial charge in [-0.3, -0.25) is 0 Å². The molecule has 1 saturated carbocycles. The van der Waals surface area contributed by atoms with Gasteiger partial charge in [0, 0.05) is 11.3 Å². The summed E-state index contributed by atoms with van der Waals surface area (Å²) in [7, 11) is 0. The fraction of sp³-hybridized carbons (Fsp3) is 1.00. The molecule has 1 fully saturated rings. The molecule has 0 atom stereocenters. The summed E-state index contributed by atoms with van der Waals surface area (Å²) in [4.78, 5) is 0. The van der Waals surface area contributed by atoms with Gasteiger partial charge in [-0.15, -0.1) is 0 Å². The molecule has 0 radical (unpaired) electrons. The van der Waals surface area contributed by atoms with Crippen molar-refractivity contribution >= 4 is 11.8 Å². The molecule has 2 heteroatoms. The highest BCUT2D eigenvalue weighted by molar-refractivity contribution is 8.00. The van der Waals surface area contributed by atoms with Crippen molar-refractivity contribution in [2.75, 3.05) is 12.8 Å². The first kappa shape index (κ1) is 10.4. The molecule has 1 aliphatic rings. The lowest BCUT2D eigenvalue weighted by Gasteiger charge is -2.55. The summed E-state index contributed by atoms with van der Waals surface area (Å²) in [5.74, 6) is 0. The van der Waals surface area contributed by atoms with Gasteiger partial charge in [-0.2, -0.15) is 11.8 Å². The second-order valence-corrected chi connectivity index (χ2v) is 5.43. The minimum Gasteiger partial charge on any atom is -0.329 e. The summed E-state index contributed by atoms with van der Waals surface area (Å²) in [5, 5.41) is 0. The highest BCUT2D eigenvalue weighted by Gasteiger charge is 2.50. The standard InChI is InChI=1S/C10H21NS/c1-4-9(5-2)6-10(7-9,8-11)12-3/h4-8,11H2,1-3H3.